The van der Waals surface area contributed by atoms with Gasteiger partial charge in [0.15, 0.2) is 0 Å². The van der Waals surface area contributed by atoms with E-state index in [0.29, 0.717) is 6.04 Å². The Balaban J connectivity index is 2.63. The van der Waals surface area contributed by atoms with Crippen molar-refractivity contribution in [1.29, 1.82) is 0 Å². The van der Waals surface area contributed by atoms with Crippen LogP contribution >= 0.6 is 0 Å². The zero-order valence-corrected chi connectivity index (χ0v) is 9.82. The third-order valence-corrected chi connectivity index (χ3v) is 2.82. The molecule has 0 amide bonds. The summed E-state index contributed by atoms with van der Waals surface area (Å²) in [5, 5.41) is 0. The third-order valence-electron chi connectivity index (χ3n) is 2.82. The molecule has 15 heavy (non-hydrogen) atoms. The second-order valence-corrected chi connectivity index (χ2v) is 3.96. The van der Waals surface area contributed by atoms with Crippen molar-refractivity contribution in [3.8, 4) is 0 Å². The molecule has 0 radical (unpaired) electrons. The highest BCUT2D eigenvalue weighted by molar-refractivity contribution is 5.18. The minimum absolute atomic E-state index is 0.526. The summed E-state index contributed by atoms with van der Waals surface area (Å²) in [4.78, 5) is 2.39. The van der Waals surface area contributed by atoms with E-state index in [1.165, 1.54) is 5.56 Å². The van der Waals surface area contributed by atoms with E-state index >= 15 is 0 Å². The van der Waals surface area contributed by atoms with Gasteiger partial charge < -0.3 is 5.73 Å². The van der Waals surface area contributed by atoms with Gasteiger partial charge in [0, 0.05) is 6.04 Å². The molecule has 2 nitrogen and oxygen atoms in total. The number of hydrogen-bond donors (Lipinski definition) is 1. The Morgan fingerprint density at radius 3 is 2.47 bits per heavy atom. The highest BCUT2D eigenvalue weighted by Gasteiger charge is 2.13. The van der Waals surface area contributed by atoms with Crippen molar-refractivity contribution in [3.63, 3.8) is 0 Å². The van der Waals surface area contributed by atoms with Gasteiger partial charge in [0.25, 0.3) is 0 Å². The molecule has 1 aromatic carbocycles. The lowest BCUT2D eigenvalue weighted by molar-refractivity contribution is 0.237. The minimum atomic E-state index is 0.526. The van der Waals surface area contributed by atoms with Crippen molar-refractivity contribution >= 4 is 0 Å². The number of nitrogens with zero attached hydrogens (tertiary/aromatic N) is 1. The zero-order chi connectivity index (χ0) is 11.1. The first-order chi connectivity index (χ1) is 7.29. The van der Waals surface area contributed by atoms with Gasteiger partial charge in [0.05, 0.1) is 0 Å². The SMILES string of the molecule is CCC(c1ccccc1)N(C)CCCN. The molecule has 0 aliphatic rings. The molecule has 2 heteroatoms. The predicted molar refractivity (Wildman–Crippen MR) is 65.8 cm³/mol. The average Bonchev–Trinajstić information content (AvgIpc) is 2.29. The second kappa shape index (κ2) is 6.59. The summed E-state index contributed by atoms with van der Waals surface area (Å²) >= 11 is 0. The van der Waals surface area contributed by atoms with Gasteiger partial charge in [-0.2, -0.15) is 0 Å². The fraction of sp³-hybridized carbons (Fsp3) is 0.538. The fourth-order valence-corrected chi connectivity index (χ4v) is 1.97. The van der Waals surface area contributed by atoms with Crippen LogP contribution in [0.15, 0.2) is 30.3 Å². The van der Waals surface area contributed by atoms with Crippen LogP contribution in [0.25, 0.3) is 0 Å². The van der Waals surface area contributed by atoms with E-state index in [1.807, 2.05) is 0 Å². The summed E-state index contributed by atoms with van der Waals surface area (Å²) in [5.74, 6) is 0. The molecule has 0 saturated carbocycles. The summed E-state index contributed by atoms with van der Waals surface area (Å²) in [6.45, 7) is 4.08. The highest BCUT2D eigenvalue weighted by Crippen LogP contribution is 2.22. The van der Waals surface area contributed by atoms with E-state index in [0.717, 1.165) is 25.9 Å². The molecule has 0 spiro atoms. The molecule has 0 heterocycles. The average molecular weight is 206 g/mol. The fourth-order valence-electron chi connectivity index (χ4n) is 1.97. The van der Waals surface area contributed by atoms with Crippen LogP contribution in [0.2, 0.25) is 0 Å². The maximum atomic E-state index is 5.53. The van der Waals surface area contributed by atoms with Crippen LogP contribution in [0.5, 0.6) is 0 Å². The lowest BCUT2D eigenvalue weighted by atomic mass is 10.0. The Morgan fingerprint density at radius 2 is 1.93 bits per heavy atom. The van der Waals surface area contributed by atoms with E-state index in [9.17, 15) is 0 Å². The van der Waals surface area contributed by atoms with E-state index in [-0.39, 0.29) is 0 Å². The lowest BCUT2D eigenvalue weighted by Gasteiger charge is -2.27. The molecule has 0 bridgehead atoms. The smallest absolute Gasteiger partial charge is 0.0342 e. The minimum Gasteiger partial charge on any atom is -0.330 e. The zero-order valence-electron chi connectivity index (χ0n) is 9.82. The van der Waals surface area contributed by atoms with Crippen molar-refractivity contribution in [2.24, 2.45) is 5.73 Å². The molecule has 0 aliphatic carbocycles. The quantitative estimate of drug-likeness (QED) is 0.774. The molecule has 1 atom stereocenters. The topological polar surface area (TPSA) is 29.3 Å². The van der Waals surface area contributed by atoms with Gasteiger partial charge in [-0.25, -0.2) is 0 Å². The number of rotatable bonds is 6. The lowest BCUT2D eigenvalue weighted by Crippen LogP contribution is -2.26. The van der Waals surface area contributed by atoms with E-state index in [2.05, 4.69) is 49.2 Å². The van der Waals surface area contributed by atoms with Crippen LogP contribution in [0.1, 0.15) is 31.4 Å². The standard InChI is InChI=1S/C13H22N2/c1-3-13(15(2)11-7-10-14)12-8-5-4-6-9-12/h4-6,8-9,13H,3,7,10-11,14H2,1-2H3. The van der Waals surface area contributed by atoms with Crippen LogP contribution in [0, 0.1) is 0 Å². The molecule has 0 fully saturated rings. The first-order valence-corrected chi connectivity index (χ1v) is 5.74. The Bertz CT molecular complexity index is 258. The van der Waals surface area contributed by atoms with Crippen LogP contribution in [0.3, 0.4) is 0 Å². The summed E-state index contributed by atoms with van der Waals surface area (Å²) < 4.78 is 0. The Kier molecular flexibility index (Phi) is 5.37. The molecule has 0 aromatic heterocycles. The summed E-state index contributed by atoms with van der Waals surface area (Å²) in [5.41, 5.74) is 6.93. The highest BCUT2D eigenvalue weighted by atomic mass is 15.1. The third kappa shape index (κ3) is 3.65. The van der Waals surface area contributed by atoms with Crippen molar-refractivity contribution in [2.45, 2.75) is 25.8 Å². The maximum Gasteiger partial charge on any atom is 0.0342 e. The molecular formula is C13H22N2. The van der Waals surface area contributed by atoms with E-state index < -0.39 is 0 Å². The van der Waals surface area contributed by atoms with Crippen LogP contribution < -0.4 is 5.73 Å². The van der Waals surface area contributed by atoms with Crippen molar-refractivity contribution in [3.05, 3.63) is 35.9 Å². The molecule has 0 aliphatic heterocycles. The van der Waals surface area contributed by atoms with Crippen LogP contribution in [-0.4, -0.2) is 25.0 Å². The number of benzene rings is 1. The molecule has 1 unspecified atom stereocenters. The Morgan fingerprint density at radius 1 is 1.27 bits per heavy atom. The van der Waals surface area contributed by atoms with Gasteiger partial charge in [-0.05, 0) is 38.5 Å². The van der Waals surface area contributed by atoms with E-state index in [1.54, 1.807) is 0 Å². The van der Waals surface area contributed by atoms with Crippen molar-refractivity contribution in [1.82, 2.24) is 4.90 Å². The molecular weight excluding hydrogens is 184 g/mol. The maximum absolute atomic E-state index is 5.53. The Labute approximate surface area is 93.1 Å². The summed E-state index contributed by atoms with van der Waals surface area (Å²) in [6.07, 6.45) is 2.21. The van der Waals surface area contributed by atoms with Crippen molar-refractivity contribution in [2.75, 3.05) is 20.1 Å². The largest absolute Gasteiger partial charge is 0.330 e. The van der Waals surface area contributed by atoms with Gasteiger partial charge in [-0.3, -0.25) is 4.90 Å². The molecule has 1 rings (SSSR count). The van der Waals surface area contributed by atoms with Crippen molar-refractivity contribution < 1.29 is 0 Å². The van der Waals surface area contributed by atoms with Gasteiger partial charge in [-0.1, -0.05) is 37.3 Å². The normalized spacial score (nSPS) is 13.1. The van der Waals surface area contributed by atoms with Gasteiger partial charge in [-0.15, -0.1) is 0 Å². The molecule has 0 saturated heterocycles. The predicted octanol–water partition coefficient (Wildman–Crippen LogP) is 2.42. The first kappa shape index (κ1) is 12.2. The van der Waals surface area contributed by atoms with Gasteiger partial charge in [0.2, 0.25) is 0 Å². The monoisotopic (exact) mass is 206 g/mol. The summed E-state index contributed by atoms with van der Waals surface area (Å²) in [7, 11) is 2.18. The summed E-state index contributed by atoms with van der Waals surface area (Å²) in [6, 6.07) is 11.2. The molecule has 2 N–H and O–H groups in total. The number of nitrogens with two attached hydrogens (primary N) is 1. The molecule has 1 aromatic rings. The second-order valence-electron chi connectivity index (χ2n) is 3.96. The van der Waals surface area contributed by atoms with Gasteiger partial charge in [0.1, 0.15) is 0 Å². The van der Waals surface area contributed by atoms with Crippen LogP contribution in [-0.2, 0) is 0 Å². The van der Waals surface area contributed by atoms with Crippen LogP contribution in [0.4, 0.5) is 0 Å². The number of hydrogen-bond acceptors (Lipinski definition) is 2. The first-order valence-electron chi connectivity index (χ1n) is 5.74. The Hall–Kier alpha value is -0.860. The van der Waals surface area contributed by atoms with E-state index in [4.69, 9.17) is 5.73 Å². The van der Waals surface area contributed by atoms with Gasteiger partial charge >= 0.3 is 0 Å². The molecule has 84 valence electrons.